The van der Waals surface area contributed by atoms with Crippen molar-refractivity contribution in [1.29, 1.82) is 10.5 Å². The first-order chi connectivity index (χ1) is 31.0. The Morgan fingerprint density at radius 1 is 0.603 bits per heavy atom. The van der Waals surface area contributed by atoms with Crippen LogP contribution in [0.3, 0.4) is 0 Å². The van der Waals surface area contributed by atoms with Crippen LogP contribution >= 0.6 is 45.3 Å². The van der Waals surface area contributed by atoms with Crippen LogP contribution in [0.5, 0.6) is 0 Å². The minimum absolute atomic E-state index is 0.509. The summed E-state index contributed by atoms with van der Waals surface area (Å²) in [6, 6.07) is 34.0. The molecule has 11 rings (SSSR count). The van der Waals surface area contributed by atoms with Crippen molar-refractivity contribution in [3.05, 3.63) is 105 Å². The Morgan fingerprint density at radius 3 is 1.46 bits per heavy atom. The molecule has 2 aliphatic rings. The van der Waals surface area contributed by atoms with Crippen LogP contribution in [0.15, 0.2) is 84.9 Å². The molecule has 0 atom stereocenters. The average Bonchev–Trinajstić information content (AvgIpc) is 4.18. The van der Waals surface area contributed by atoms with Gasteiger partial charge in [-0.15, -0.1) is 22.7 Å². The van der Waals surface area contributed by atoms with Gasteiger partial charge in [-0.3, -0.25) is 0 Å². The number of fused-ring (bicyclic) bond motifs is 5. The van der Waals surface area contributed by atoms with Gasteiger partial charge in [0.05, 0.1) is 79.1 Å². The molecule has 9 aromatic rings. The molecule has 2 saturated heterocycles. The van der Waals surface area contributed by atoms with E-state index in [9.17, 15) is 10.5 Å². The van der Waals surface area contributed by atoms with Gasteiger partial charge in [0.1, 0.15) is 22.2 Å². The summed E-state index contributed by atoms with van der Waals surface area (Å²) in [6.45, 7) is 8.55. The van der Waals surface area contributed by atoms with Gasteiger partial charge in [-0.25, -0.2) is 19.9 Å². The number of aryl methyl sites for hydroxylation is 1. The summed E-state index contributed by atoms with van der Waals surface area (Å²) < 4.78 is 15.8. The highest BCUT2D eigenvalue weighted by Crippen LogP contribution is 2.42. The van der Waals surface area contributed by atoms with Gasteiger partial charge in [0, 0.05) is 65.7 Å². The maximum atomic E-state index is 10.5. The lowest BCUT2D eigenvalue weighted by molar-refractivity contribution is 0.122. The number of anilines is 2. The predicted octanol–water partition coefficient (Wildman–Crippen LogP) is 11.1. The SMILES string of the molecule is CCn1c2ccc(-c3nc(N4CCOCC4)sc3/C=C(\C#N)c3nc4ccccc4s3)cc2c2cc(-c3nc(N4CCOCC4)sc3/C=C(\C#N)c3nc4ccccc4s3)ccc21. The van der Waals surface area contributed by atoms with Crippen LogP contribution in [-0.4, -0.2) is 77.1 Å². The number of nitrogens with zero attached hydrogens (tertiary/aromatic N) is 9. The van der Waals surface area contributed by atoms with Crippen LogP contribution in [0, 0.1) is 22.7 Å². The zero-order valence-corrected chi connectivity index (χ0v) is 37.3. The zero-order valence-electron chi connectivity index (χ0n) is 34.1. The maximum Gasteiger partial charge on any atom is 0.186 e. The van der Waals surface area contributed by atoms with Crippen molar-refractivity contribution >= 4 is 121 Å². The van der Waals surface area contributed by atoms with Crippen molar-refractivity contribution in [2.24, 2.45) is 0 Å². The molecule has 2 fully saturated rings. The van der Waals surface area contributed by atoms with Crippen molar-refractivity contribution in [2.75, 3.05) is 62.4 Å². The molecule has 7 heterocycles. The summed E-state index contributed by atoms with van der Waals surface area (Å²) in [6.07, 6.45) is 3.92. The van der Waals surface area contributed by atoms with E-state index >= 15 is 0 Å². The van der Waals surface area contributed by atoms with Gasteiger partial charge in [0.2, 0.25) is 0 Å². The van der Waals surface area contributed by atoms with Crippen LogP contribution in [0.4, 0.5) is 10.3 Å². The third-order valence-electron chi connectivity index (χ3n) is 11.4. The molecule has 2 aliphatic heterocycles. The maximum absolute atomic E-state index is 10.5. The monoisotopic (exact) mass is 899 g/mol. The largest absolute Gasteiger partial charge is 0.378 e. The average molecular weight is 900 g/mol. The molecule has 0 bridgehead atoms. The molecule has 4 aromatic carbocycles. The Balaban J connectivity index is 1.05. The number of rotatable bonds is 9. The van der Waals surface area contributed by atoms with Crippen LogP contribution in [0.1, 0.15) is 26.7 Å². The Hall–Kier alpha value is -6.30. The highest BCUT2D eigenvalue weighted by molar-refractivity contribution is 7.20. The van der Waals surface area contributed by atoms with Gasteiger partial charge in [-0.05, 0) is 67.6 Å². The van der Waals surface area contributed by atoms with E-state index in [-0.39, 0.29) is 0 Å². The molecular weight excluding hydrogens is 863 g/mol. The van der Waals surface area contributed by atoms with E-state index in [1.807, 2.05) is 60.7 Å². The Bertz CT molecular complexity index is 3080. The number of thiazole rings is 4. The van der Waals surface area contributed by atoms with Crippen LogP contribution in [0.25, 0.3) is 88.1 Å². The smallest absolute Gasteiger partial charge is 0.186 e. The van der Waals surface area contributed by atoms with Crippen LogP contribution < -0.4 is 9.80 Å². The molecule has 0 aliphatic carbocycles. The quantitative estimate of drug-likeness (QED) is 0.129. The van der Waals surface area contributed by atoms with Crippen molar-refractivity contribution in [3.8, 4) is 34.7 Å². The molecule has 0 N–H and O–H groups in total. The predicted molar refractivity (Wildman–Crippen MR) is 260 cm³/mol. The lowest BCUT2D eigenvalue weighted by Crippen LogP contribution is -2.36. The molecule has 5 aromatic heterocycles. The summed E-state index contributed by atoms with van der Waals surface area (Å²) in [4.78, 5) is 26.6. The molecule has 11 nitrogen and oxygen atoms in total. The third-order valence-corrected chi connectivity index (χ3v) is 15.7. The standard InChI is InChI=1S/C48H37N9O2S4/c1-2-57-37-13-11-29(43-41(62-47(53-43)55-15-19-58-20-16-55)25-31(27-49)45-51-35-7-3-5-9-39(35)60-45)23-33(37)34-24-30(12-14-38(34)57)44-42(63-48(54-44)56-17-21-59-22-18-56)26-32(28-50)46-52-36-8-4-6-10-40(36)61-46/h3-14,23-26H,2,15-22H2,1H3/b31-25+,32-26+. The van der Waals surface area contributed by atoms with Gasteiger partial charge in [-0.1, -0.05) is 59.1 Å². The van der Waals surface area contributed by atoms with Gasteiger partial charge in [0.25, 0.3) is 0 Å². The number of nitriles is 2. The first-order valence-corrected chi connectivity index (χ1v) is 24.0. The summed E-state index contributed by atoms with van der Waals surface area (Å²) >= 11 is 6.25. The first kappa shape index (κ1) is 39.5. The fourth-order valence-corrected chi connectivity index (χ4v) is 12.3. The lowest BCUT2D eigenvalue weighted by Gasteiger charge is -2.26. The summed E-state index contributed by atoms with van der Waals surface area (Å²) in [5.74, 6) is 0. The number of ether oxygens (including phenoxy) is 2. The van der Waals surface area contributed by atoms with E-state index in [1.165, 1.54) is 22.7 Å². The number of morpholine rings is 2. The van der Waals surface area contributed by atoms with E-state index < -0.39 is 0 Å². The molecule has 0 unspecified atom stereocenters. The van der Waals surface area contributed by atoms with E-state index in [0.717, 1.165) is 117 Å². The van der Waals surface area contributed by atoms with Gasteiger partial charge in [0.15, 0.2) is 10.3 Å². The second-order valence-corrected chi connectivity index (χ2v) is 19.2. The number of aromatic nitrogens is 5. The molecule has 0 radical (unpaired) electrons. The summed E-state index contributed by atoms with van der Waals surface area (Å²) in [7, 11) is 0. The second-order valence-electron chi connectivity index (χ2n) is 15.1. The summed E-state index contributed by atoms with van der Waals surface area (Å²) in [5, 5.41) is 26.4. The van der Waals surface area contributed by atoms with Crippen molar-refractivity contribution in [1.82, 2.24) is 24.5 Å². The number of allylic oxidation sites excluding steroid dienone is 2. The third kappa shape index (κ3) is 7.36. The van der Waals surface area contributed by atoms with Crippen molar-refractivity contribution < 1.29 is 9.47 Å². The molecule has 0 amide bonds. The highest BCUT2D eigenvalue weighted by Gasteiger charge is 2.24. The molecule has 0 saturated carbocycles. The van der Waals surface area contributed by atoms with Crippen molar-refractivity contribution in [2.45, 2.75) is 13.5 Å². The van der Waals surface area contributed by atoms with Crippen LogP contribution in [0.2, 0.25) is 0 Å². The molecule has 310 valence electrons. The molecule has 63 heavy (non-hydrogen) atoms. The zero-order chi connectivity index (χ0) is 42.4. The lowest BCUT2D eigenvalue weighted by atomic mass is 10.0. The fourth-order valence-electron chi connectivity index (χ4n) is 8.29. The summed E-state index contributed by atoms with van der Waals surface area (Å²) in [5.41, 5.74) is 8.61. The molecule has 15 heteroatoms. The number of para-hydroxylation sites is 2. The number of hydrogen-bond donors (Lipinski definition) is 0. The van der Waals surface area contributed by atoms with E-state index in [2.05, 4.69) is 69.8 Å². The van der Waals surface area contributed by atoms with Crippen molar-refractivity contribution in [3.63, 3.8) is 0 Å². The van der Waals surface area contributed by atoms with E-state index in [0.29, 0.717) is 47.6 Å². The Morgan fingerprint density at radius 2 is 1.05 bits per heavy atom. The van der Waals surface area contributed by atoms with Gasteiger partial charge >= 0.3 is 0 Å². The fraction of sp³-hybridized carbons (Fsp3) is 0.208. The Labute approximate surface area is 378 Å². The minimum atomic E-state index is 0.509. The molecular formula is C48H37N9O2S4. The topological polar surface area (TPSA) is 129 Å². The minimum Gasteiger partial charge on any atom is -0.378 e. The molecule has 0 spiro atoms. The first-order valence-electron chi connectivity index (χ1n) is 20.7. The van der Waals surface area contributed by atoms with E-state index in [1.54, 1.807) is 22.7 Å². The normalized spacial score (nSPS) is 15.2. The van der Waals surface area contributed by atoms with Gasteiger partial charge < -0.3 is 23.8 Å². The Kier molecular flexibility index (Phi) is 10.5. The number of hydrogen-bond acceptors (Lipinski definition) is 14. The van der Waals surface area contributed by atoms with Crippen LogP contribution in [-0.2, 0) is 16.0 Å². The van der Waals surface area contributed by atoms with Gasteiger partial charge in [-0.2, -0.15) is 10.5 Å². The number of benzene rings is 4. The highest BCUT2D eigenvalue weighted by atomic mass is 32.1. The van der Waals surface area contributed by atoms with E-state index in [4.69, 9.17) is 29.4 Å². The second kappa shape index (κ2) is 16.8.